The number of hydrogen-bond donors (Lipinski definition) is 4. The van der Waals surface area contributed by atoms with Gasteiger partial charge in [-0.05, 0) is 37.6 Å². The van der Waals surface area contributed by atoms with Gasteiger partial charge >= 0.3 is 11.1 Å². The maximum absolute atomic E-state index is 12.1. The summed E-state index contributed by atoms with van der Waals surface area (Å²) in [6.07, 6.45) is 1.86. The van der Waals surface area contributed by atoms with Crippen LogP contribution in [0.25, 0.3) is 11.0 Å². The highest BCUT2D eigenvalue weighted by Gasteiger charge is 2.20. The van der Waals surface area contributed by atoms with Crippen LogP contribution in [0.15, 0.2) is 27.8 Å². The molecular weight excluding hydrogens is 272 g/mol. The zero-order chi connectivity index (χ0) is 14.8. The molecule has 1 amide bonds. The van der Waals surface area contributed by atoms with Crippen LogP contribution in [0, 0.1) is 5.92 Å². The lowest BCUT2D eigenvalue weighted by molar-refractivity contribution is -0.120. The van der Waals surface area contributed by atoms with Gasteiger partial charge in [0, 0.05) is 12.2 Å². The fourth-order valence-corrected chi connectivity index (χ4v) is 2.51. The van der Waals surface area contributed by atoms with E-state index < -0.39 is 11.1 Å². The van der Waals surface area contributed by atoms with Crippen LogP contribution < -0.4 is 21.8 Å². The number of rotatable bonds is 2. The topological polar surface area (TPSA) is 107 Å². The van der Waals surface area contributed by atoms with Gasteiger partial charge in [0.15, 0.2) is 0 Å². The van der Waals surface area contributed by atoms with Gasteiger partial charge in [-0.1, -0.05) is 0 Å². The molecule has 0 aliphatic carbocycles. The van der Waals surface area contributed by atoms with Crippen LogP contribution in [0.4, 0.5) is 5.69 Å². The van der Waals surface area contributed by atoms with E-state index in [9.17, 15) is 14.4 Å². The van der Waals surface area contributed by atoms with E-state index in [-0.39, 0.29) is 11.8 Å². The Labute approximate surface area is 119 Å². The highest BCUT2D eigenvalue weighted by Crippen LogP contribution is 2.17. The summed E-state index contributed by atoms with van der Waals surface area (Å²) < 4.78 is 0. The SMILES string of the molecule is O=C(Nc1ccc2[nH]c(=O)c(=O)[nH]c2c1)C1CCCNC1. The molecule has 0 radical (unpaired) electrons. The van der Waals surface area contributed by atoms with E-state index in [4.69, 9.17) is 0 Å². The summed E-state index contributed by atoms with van der Waals surface area (Å²) in [6, 6.07) is 4.99. The first kappa shape index (κ1) is 13.6. The molecule has 2 heterocycles. The van der Waals surface area contributed by atoms with Crippen LogP contribution in [0.1, 0.15) is 12.8 Å². The van der Waals surface area contributed by atoms with Gasteiger partial charge in [0.05, 0.1) is 17.0 Å². The fraction of sp³-hybridized carbons (Fsp3) is 0.357. The highest BCUT2D eigenvalue weighted by molar-refractivity contribution is 5.94. The van der Waals surface area contributed by atoms with Crippen molar-refractivity contribution in [2.45, 2.75) is 12.8 Å². The number of amides is 1. The summed E-state index contributed by atoms with van der Waals surface area (Å²) in [7, 11) is 0. The monoisotopic (exact) mass is 288 g/mol. The second kappa shape index (κ2) is 5.53. The van der Waals surface area contributed by atoms with Crippen LogP contribution in [0.5, 0.6) is 0 Å². The molecule has 1 saturated heterocycles. The van der Waals surface area contributed by atoms with Gasteiger partial charge in [0.2, 0.25) is 5.91 Å². The number of benzene rings is 1. The lowest BCUT2D eigenvalue weighted by atomic mass is 9.99. The standard InChI is InChI=1S/C14H16N4O3/c19-12(8-2-1-5-15-7-8)16-9-3-4-10-11(6-9)18-14(21)13(20)17-10/h3-4,6,8,15H,1-2,5,7H2,(H,16,19)(H,17,20)(H,18,21). The molecule has 7 heteroatoms. The van der Waals surface area contributed by atoms with Gasteiger partial charge in [-0.2, -0.15) is 0 Å². The number of aromatic amines is 2. The van der Waals surface area contributed by atoms with Crippen molar-refractivity contribution in [3.8, 4) is 0 Å². The first-order valence-corrected chi connectivity index (χ1v) is 6.91. The summed E-state index contributed by atoms with van der Waals surface area (Å²) in [5.41, 5.74) is 0.215. The molecule has 3 rings (SSSR count). The maximum Gasteiger partial charge on any atom is 0.314 e. The Balaban J connectivity index is 1.84. The maximum atomic E-state index is 12.1. The average Bonchev–Trinajstić information content (AvgIpc) is 2.49. The molecule has 0 bridgehead atoms. The third kappa shape index (κ3) is 2.87. The molecule has 1 aromatic heterocycles. The van der Waals surface area contributed by atoms with E-state index in [2.05, 4.69) is 20.6 Å². The summed E-state index contributed by atoms with van der Waals surface area (Å²) in [6.45, 7) is 1.64. The third-order valence-corrected chi connectivity index (χ3v) is 3.66. The van der Waals surface area contributed by atoms with Crippen molar-refractivity contribution in [3.63, 3.8) is 0 Å². The van der Waals surface area contributed by atoms with Gasteiger partial charge < -0.3 is 20.6 Å². The smallest absolute Gasteiger partial charge is 0.314 e. The fourth-order valence-electron chi connectivity index (χ4n) is 2.51. The van der Waals surface area contributed by atoms with Crippen molar-refractivity contribution in [1.29, 1.82) is 0 Å². The van der Waals surface area contributed by atoms with Gasteiger partial charge in [-0.3, -0.25) is 14.4 Å². The van der Waals surface area contributed by atoms with Crippen molar-refractivity contribution < 1.29 is 4.79 Å². The van der Waals surface area contributed by atoms with Crippen molar-refractivity contribution >= 4 is 22.6 Å². The molecule has 1 fully saturated rings. The van der Waals surface area contributed by atoms with Crippen molar-refractivity contribution in [2.75, 3.05) is 18.4 Å². The molecule has 4 N–H and O–H groups in total. The summed E-state index contributed by atoms with van der Waals surface area (Å²) >= 11 is 0. The minimum atomic E-state index is -0.706. The second-order valence-electron chi connectivity index (χ2n) is 5.20. The number of nitrogens with one attached hydrogen (secondary N) is 4. The Bertz CT molecular complexity index is 787. The van der Waals surface area contributed by atoms with Crippen molar-refractivity contribution in [3.05, 3.63) is 38.9 Å². The molecular formula is C14H16N4O3. The minimum Gasteiger partial charge on any atom is -0.326 e. The van der Waals surface area contributed by atoms with Crippen LogP contribution in [0.3, 0.4) is 0 Å². The first-order valence-electron chi connectivity index (χ1n) is 6.91. The molecule has 21 heavy (non-hydrogen) atoms. The molecule has 2 aromatic rings. The van der Waals surface area contributed by atoms with Gasteiger partial charge in [0.1, 0.15) is 0 Å². The highest BCUT2D eigenvalue weighted by atomic mass is 16.2. The largest absolute Gasteiger partial charge is 0.326 e. The van der Waals surface area contributed by atoms with E-state index in [1.807, 2.05) is 0 Å². The van der Waals surface area contributed by atoms with E-state index in [1.165, 1.54) is 0 Å². The van der Waals surface area contributed by atoms with E-state index in [0.717, 1.165) is 19.4 Å². The van der Waals surface area contributed by atoms with Crippen LogP contribution in [0.2, 0.25) is 0 Å². The number of hydrogen-bond acceptors (Lipinski definition) is 4. The number of piperidine rings is 1. The molecule has 110 valence electrons. The molecule has 0 saturated carbocycles. The lowest BCUT2D eigenvalue weighted by Crippen LogP contribution is -2.37. The second-order valence-corrected chi connectivity index (χ2v) is 5.20. The van der Waals surface area contributed by atoms with Crippen LogP contribution in [-0.4, -0.2) is 29.0 Å². The van der Waals surface area contributed by atoms with E-state index in [1.54, 1.807) is 18.2 Å². The molecule has 7 nitrogen and oxygen atoms in total. The molecule has 1 aliphatic heterocycles. The Kier molecular flexibility index (Phi) is 3.57. The zero-order valence-corrected chi connectivity index (χ0v) is 11.4. The Morgan fingerprint density at radius 3 is 2.62 bits per heavy atom. The number of aromatic nitrogens is 2. The zero-order valence-electron chi connectivity index (χ0n) is 11.4. The minimum absolute atomic E-state index is 0.0340. The number of fused-ring (bicyclic) bond motifs is 1. The van der Waals surface area contributed by atoms with E-state index in [0.29, 0.717) is 23.3 Å². The Morgan fingerprint density at radius 1 is 1.14 bits per heavy atom. The molecule has 0 spiro atoms. The quantitative estimate of drug-likeness (QED) is 0.590. The summed E-state index contributed by atoms with van der Waals surface area (Å²) in [4.78, 5) is 39.7. The number of carbonyl (C=O) groups excluding carboxylic acids is 1. The molecule has 1 aliphatic rings. The number of H-pyrrole nitrogens is 2. The van der Waals surface area contributed by atoms with Crippen molar-refractivity contribution in [1.82, 2.24) is 15.3 Å². The van der Waals surface area contributed by atoms with Gasteiger partial charge in [-0.25, -0.2) is 0 Å². The lowest BCUT2D eigenvalue weighted by Gasteiger charge is -2.21. The Hall–Kier alpha value is -2.41. The average molecular weight is 288 g/mol. The first-order chi connectivity index (χ1) is 10.1. The van der Waals surface area contributed by atoms with E-state index >= 15 is 0 Å². The molecule has 1 unspecified atom stereocenters. The number of anilines is 1. The third-order valence-electron chi connectivity index (χ3n) is 3.66. The number of carbonyl (C=O) groups is 1. The predicted molar refractivity (Wildman–Crippen MR) is 79.4 cm³/mol. The Morgan fingerprint density at radius 2 is 1.90 bits per heavy atom. The van der Waals surface area contributed by atoms with Gasteiger partial charge in [0.25, 0.3) is 0 Å². The summed E-state index contributed by atoms with van der Waals surface area (Å²) in [5.74, 6) is -0.0719. The van der Waals surface area contributed by atoms with Crippen molar-refractivity contribution in [2.24, 2.45) is 5.92 Å². The summed E-state index contributed by atoms with van der Waals surface area (Å²) in [5, 5.41) is 6.04. The predicted octanol–water partition coefficient (Wildman–Crippen LogP) is 0.154. The molecule has 1 atom stereocenters. The van der Waals surface area contributed by atoms with Crippen LogP contribution in [-0.2, 0) is 4.79 Å². The van der Waals surface area contributed by atoms with Gasteiger partial charge in [-0.15, -0.1) is 0 Å². The normalized spacial score (nSPS) is 18.6. The van der Waals surface area contributed by atoms with Crippen LogP contribution >= 0.6 is 0 Å². The molecule has 1 aromatic carbocycles.